The summed E-state index contributed by atoms with van der Waals surface area (Å²) in [4.78, 5) is 16.4. The van der Waals surface area contributed by atoms with Gasteiger partial charge in [-0.25, -0.2) is 12.7 Å². The van der Waals surface area contributed by atoms with Crippen LogP contribution in [0.2, 0.25) is 0 Å². The Bertz CT molecular complexity index is 968. The van der Waals surface area contributed by atoms with Crippen LogP contribution >= 0.6 is 11.8 Å². The summed E-state index contributed by atoms with van der Waals surface area (Å²) >= 11 is 1.59. The van der Waals surface area contributed by atoms with Gasteiger partial charge in [0.25, 0.3) is 5.91 Å². The lowest BCUT2D eigenvalue weighted by Gasteiger charge is -2.22. The number of anilines is 2. The molecule has 2 aromatic rings. The molecule has 1 saturated heterocycles. The summed E-state index contributed by atoms with van der Waals surface area (Å²) in [5, 5.41) is 2.92. The predicted molar refractivity (Wildman–Crippen MR) is 115 cm³/mol. The van der Waals surface area contributed by atoms with Crippen LogP contribution in [0.3, 0.4) is 0 Å². The Morgan fingerprint density at radius 2 is 1.82 bits per heavy atom. The minimum absolute atomic E-state index is 0.114. The van der Waals surface area contributed by atoms with E-state index in [4.69, 9.17) is 0 Å². The summed E-state index contributed by atoms with van der Waals surface area (Å²) < 4.78 is 26.3. The summed E-state index contributed by atoms with van der Waals surface area (Å²) in [7, 11) is -0.658. The van der Waals surface area contributed by atoms with E-state index in [0.717, 1.165) is 40.8 Å². The fourth-order valence-corrected chi connectivity index (χ4v) is 4.59. The Kier molecular flexibility index (Phi) is 6.32. The number of hydrogen-bond donors (Lipinski definition) is 1. The van der Waals surface area contributed by atoms with Gasteiger partial charge < -0.3 is 10.2 Å². The first-order valence-corrected chi connectivity index (χ1v) is 11.8. The van der Waals surface area contributed by atoms with Gasteiger partial charge in [0.15, 0.2) is 0 Å². The maximum atomic E-state index is 13.1. The first-order valence-electron chi connectivity index (χ1n) is 9.10. The van der Waals surface area contributed by atoms with Crippen molar-refractivity contribution in [3.05, 3.63) is 48.0 Å². The van der Waals surface area contributed by atoms with Crippen molar-refractivity contribution >= 4 is 39.1 Å². The van der Waals surface area contributed by atoms with Crippen molar-refractivity contribution in [2.45, 2.75) is 22.6 Å². The first kappa shape index (κ1) is 20.7. The molecule has 1 aliphatic heterocycles. The molecule has 0 aromatic heterocycles. The van der Waals surface area contributed by atoms with E-state index in [1.54, 1.807) is 23.9 Å². The monoisotopic (exact) mass is 419 g/mol. The van der Waals surface area contributed by atoms with E-state index < -0.39 is 10.0 Å². The maximum absolute atomic E-state index is 13.1. The zero-order valence-electron chi connectivity index (χ0n) is 16.3. The fourth-order valence-electron chi connectivity index (χ4n) is 3.20. The highest BCUT2D eigenvalue weighted by atomic mass is 32.2. The molecule has 0 spiro atoms. The van der Waals surface area contributed by atoms with Crippen LogP contribution in [-0.2, 0) is 10.0 Å². The van der Waals surface area contributed by atoms with Crippen LogP contribution in [0.25, 0.3) is 0 Å². The second kappa shape index (κ2) is 8.55. The maximum Gasteiger partial charge on any atom is 0.257 e. The Balaban J connectivity index is 2.00. The van der Waals surface area contributed by atoms with Crippen molar-refractivity contribution in [3.8, 4) is 0 Å². The van der Waals surface area contributed by atoms with E-state index in [0.29, 0.717) is 11.3 Å². The Hall–Kier alpha value is -2.03. The number of carbonyl (C=O) groups is 1. The Morgan fingerprint density at radius 3 is 2.46 bits per heavy atom. The van der Waals surface area contributed by atoms with Gasteiger partial charge in [-0.15, -0.1) is 11.8 Å². The molecule has 0 unspecified atom stereocenters. The van der Waals surface area contributed by atoms with Crippen LogP contribution in [0.5, 0.6) is 0 Å². The van der Waals surface area contributed by atoms with Crippen molar-refractivity contribution in [2.75, 3.05) is 43.7 Å². The lowest BCUT2D eigenvalue weighted by Crippen LogP contribution is -2.25. The van der Waals surface area contributed by atoms with E-state index in [-0.39, 0.29) is 10.8 Å². The van der Waals surface area contributed by atoms with Crippen molar-refractivity contribution in [3.63, 3.8) is 0 Å². The molecule has 1 amide bonds. The van der Waals surface area contributed by atoms with E-state index in [1.807, 2.05) is 30.5 Å². The molecule has 1 N–H and O–H groups in total. The molecule has 6 nitrogen and oxygen atoms in total. The number of amides is 1. The topological polar surface area (TPSA) is 69.7 Å². The van der Waals surface area contributed by atoms with Crippen LogP contribution < -0.4 is 10.2 Å². The van der Waals surface area contributed by atoms with Crippen molar-refractivity contribution < 1.29 is 13.2 Å². The molecule has 0 saturated carbocycles. The molecule has 1 aliphatic rings. The number of thioether (sulfide) groups is 1. The van der Waals surface area contributed by atoms with E-state index in [2.05, 4.69) is 10.2 Å². The number of sulfonamides is 1. The molecule has 0 atom stereocenters. The van der Waals surface area contributed by atoms with Crippen LogP contribution in [0.1, 0.15) is 23.2 Å². The highest BCUT2D eigenvalue weighted by Gasteiger charge is 2.24. The first-order chi connectivity index (χ1) is 13.3. The third-order valence-electron chi connectivity index (χ3n) is 4.77. The van der Waals surface area contributed by atoms with Gasteiger partial charge in [-0.1, -0.05) is 6.07 Å². The molecule has 3 rings (SSSR count). The second-order valence-corrected chi connectivity index (χ2v) is 9.88. The zero-order valence-corrected chi connectivity index (χ0v) is 17.9. The van der Waals surface area contributed by atoms with E-state index in [9.17, 15) is 13.2 Å². The smallest absolute Gasteiger partial charge is 0.257 e. The number of nitrogens with zero attached hydrogens (tertiary/aromatic N) is 2. The summed E-state index contributed by atoms with van der Waals surface area (Å²) in [6.07, 6.45) is 4.10. The summed E-state index contributed by atoms with van der Waals surface area (Å²) in [6, 6.07) is 12.4. The highest BCUT2D eigenvalue weighted by molar-refractivity contribution is 7.98. The molecule has 0 radical (unpaired) electrons. The summed E-state index contributed by atoms with van der Waals surface area (Å²) in [5.41, 5.74) is 1.83. The zero-order chi connectivity index (χ0) is 20.3. The number of hydrogen-bond acceptors (Lipinski definition) is 5. The normalized spacial score (nSPS) is 14.5. The van der Waals surface area contributed by atoms with Gasteiger partial charge >= 0.3 is 0 Å². The van der Waals surface area contributed by atoms with Crippen LogP contribution in [0, 0.1) is 0 Å². The fraction of sp³-hybridized carbons (Fsp3) is 0.350. The quantitative estimate of drug-likeness (QED) is 0.726. The van der Waals surface area contributed by atoms with Gasteiger partial charge in [0.05, 0.1) is 10.5 Å². The van der Waals surface area contributed by atoms with Gasteiger partial charge in [-0.3, -0.25) is 4.79 Å². The van der Waals surface area contributed by atoms with Gasteiger partial charge in [-0.05, 0) is 55.5 Å². The van der Waals surface area contributed by atoms with Gasteiger partial charge in [0.1, 0.15) is 0 Å². The minimum Gasteiger partial charge on any atom is -0.371 e. The predicted octanol–water partition coefficient (Wildman–Crippen LogP) is 3.51. The number of rotatable bonds is 6. The van der Waals surface area contributed by atoms with Crippen molar-refractivity contribution in [2.24, 2.45) is 0 Å². The summed E-state index contributed by atoms with van der Waals surface area (Å²) in [6.45, 7) is 1.73. The second-order valence-electron chi connectivity index (χ2n) is 6.85. The average molecular weight is 420 g/mol. The minimum atomic E-state index is -3.63. The van der Waals surface area contributed by atoms with E-state index in [1.165, 1.54) is 20.2 Å². The Labute approximate surface area is 171 Å². The SMILES string of the molecule is CSc1cccc(NC(=O)c2cc(S(=O)(=O)N(C)C)ccc2N2CCCC2)c1. The number of benzene rings is 2. The lowest BCUT2D eigenvalue weighted by atomic mass is 10.1. The molecule has 150 valence electrons. The van der Waals surface area contributed by atoms with Gasteiger partial charge in [-0.2, -0.15) is 0 Å². The molecule has 8 heteroatoms. The van der Waals surface area contributed by atoms with Gasteiger partial charge in [0.2, 0.25) is 10.0 Å². The number of carbonyl (C=O) groups excluding carboxylic acids is 1. The van der Waals surface area contributed by atoms with Crippen LogP contribution in [-0.4, -0.2) is 52.1 Å². The average Bonchev–Trinajstić information content (AvgIpc) is 3.22. The molecular formula is C20H25N3O3S2. The highest BCUT2D eigenvalue weighted by Crippen LogP contribution is 2.29. The third kappa shape index (κ3) is 4.34. The van der Waals surface area contributed by atoms with Crippen molar-refractivity contribution in [1.82, 2.24) is 4.31 Å². The third-order valence-corrected chi connectivity index (χ3v) is 7.30. The standard InChI is InChI=1S/C20H25N3O3S2/c1-22(2)28(25,26)17-9-10-19(23-11-4-5-12-23)18(14-17)20(24)21-15-7-6-8-16(13-15)27-3/h6-10,13-14H,4-5,11-12H2,1-3H3,(H,21,24). The van der Waals surface area contributed by atoms with Crippen LogP contribution in [0.15, 0.2) is 52.3 Å². The lowest BCUT2D eigenvalue weighted by molar-refractivity contribution is 0.102. The molecule has 0 aliphatic carbocycles. The summed E-state index contributed by atoms with van der Waals surface area (Å²) in [5.74, 6) is -0.309. The molecule has 1 heterocycles. The largest absolute Gasteiger partial charge is 0.371 e. The number of nitrogens with one attached hydrogen (secondary N) is 1. The van der Waals surface area contributed by atoms with Crippen molar-refractivity contribution in [1.29, 1.82) is 0 Å². The molecular weight excluding hydrogens is 394 g/mol. The van der Waals surface area contributed by atoms with Crippen LogP contribution in [0.4, 0.5) is 11.4 Å². The molecule has 2 aromatic carbocycles. The Morgan fingerprint density at radius 1 is 1.11 bits per heavy atom. The van der Waals surface area contributed by atoms with E-state index >= 15 is 0 Å². The molecule has 28 heavy (non-hydrogen) atoms. The van der Waals surface area contributed by atoms with Gasteiger partial charge in [0, 0.05) is 43.5 Å². The molecule has 1 fully saturated rings. The molecule has 0 bridgehead atoms.